The molecule has 0 spiro atoms. The van der Waals surface area contributed by atoms with Gasteiger partial charge in [0.2, 0.25) is 0 Å². The van der Waals surface area contributed by atoms with Crippen LogP contribution in [0.15, 0.2) is 18.2 Å². The molecule has 78 valence electrons. The number of nitrogens with one attached hydrogen (secondary N) is 1. The molecule has 0 saturated heterocycles. The summed E-state index contributed by atoms with van der Waals surface area (Å²) in [6.07, 6.45) is 2.14. The van der Waals surface area contributed by atoms with Crippen molar-refractivity contribution in [3.05, 3.63) is 23.9 Å². The maximum Gasteiger partial charge on any atom is 0.126 e. The van der Waals surface area contributed by atoms with Crippen LogP contribution in [0, 0.1) is 6.92 Å². The molecule has 3 nitrogen and oxygen atoms in total. The summed E-state index contributed by atoms with van der Waals surface area (Å²) in [5.41, 5.74) is 6.70. The summed E-state index contributed by atoms with van der Waals surface area (Å²) in [7, 11) is 0. The number of aryl methyl sites for hydroxylation is 1. The molecule has 3 N–H and O–H groups in total. The Balaban J connectivity index is 2.25. The molecule has 0 aliphatic rings. The molecule has 1 rings (SSSR count). The second-order valence-corrected chi connectivity index (χ2v) is 3.71. The van der Waals surface area contributed by atoms with Crippen molar-refractivity contribution in [3.8, 4) is 0 Å². The van der Waals surface area contributed by atoms with E-state index < -0.39 is 0 Å². The van der Waals surface area contributed by atoms with Crippen molar-refractivity contribution in [1.82, 2.24) is 4.98 Å². The molecule has 0 fully saturated rings. The van der Waals surface area contributed by atoms with Crippen LogP contribution in [0.4, 0.5) is 5.82 Å². The fourth-order valence-electron chi connectivity index (χ4n) is 1.28. The average molecular weight is 193 g/mol. The summed E-state index contributed by atoms with van der Waals surface area (Å²) in [5.74, 6) is 0.953. The monoisotopic (exact) mass is 193 g/mol. The highest BCUT2D eigenvalue weighted by atomic mass is 15.0. The molecule has 1 heterocycles. The van der Waals surface area contributed by atoms with Crippen molar-refractivity contribution in [2.45, 2.75) is 32.7 Å². The van der Waals surface area contributed by atoms with Crippen molar-refractivity contribution < 1.29 is 0 Å². The first kappa shape index (κ1) is 11.0. The Morgan fingerprint density at radius 1 is 1.50 bits per heavy atom. The topological polar surface area (TPSA) is 50.9 Å². The highest BCUT2D eigenvalue weighted by molar-refractivity contribution is 5.34. The van der Waals surface area contributed by atoms with Gasteiger partial charge in [0, 0.05) is 18.3 Å². The Morgan fingerprint density at radius 2 is 2.29 bits per heavy atom. The summed E-state index contributed by atoms with van der Waals surface area (Å²) in [5, 5.41) is 3.27. The van der Waals surface area contributed by atoms with E-state index in [-0.39, 0.29) is 0 Å². The summed E-state index contributed by atoms with van der Waals surface area (Å²) < 4.78 is 0. The van der Waals surface area contributed by atoms with Crippen LogP contribution in [0.1, 0.15) is 25.5 Å². The zero-order chi connectivity index (χ0) is 10.4. The molecule has 0 aromatic carbocycles. The lowest BCUT2D eigenvalue weighted by Crippen LogP contribution is -2.16. The molecule has 1 atom stereocenters. The lowest BCUT2D eigenvalue weighted by atomic mass is 10.2. The number of nitrogens with two attached hydrogens (primary N) is 1. The number of pyridine rings is 1. The van der Waals surface area contributed by atoms with Crippen LogP contribution in [-0.4, -0.2) is 17.6 Å². The lowest BCUT2D eigenvalue weighted by molar-refractivity contribution is 0.639. The van der Waals surface area contributed by atoms with Gasteiger partial charge in [-0.1, -0.05) is 6.07 Å². The third-order valence-corrected chi connectivity index (χ3v) is 2.03. The molecule has 1 aromatic heterocycles. The Kier molecular flexibility index (Phi) is 4.40. The molecular formula is C11H19N3. The van der Waals surface area contributed by atoms with E-state index in [0.29, 0.717) is 6.04 Å². The molecule has 3 heteroatoms. The molecule has 0 aliphatic heterocycles. The Hall–Kier alpha value is -1.09. The number of nitrogens with zero attached hydrogens (tertiary/aromatic N) is 1. The highest BCUT2D eigenvalue weighted by Gasteiger charge is 1.95. The molecule has 0 radical (unpaired) electrons. The minimum atomic E-state index is 0.294. The van der Waals surface area contributed by atoms with Crippen molar-refractivity contribution in [2.75, 3.05) is 11.9 Å². The van der Waals surface area contributed by atoms with E-state index >= 15 is 0 Å². The zero-order valence-electron chi connectivity index (χ0n) is 8.96. The van der Waals surface area contributed by atoms with Gasteiger partial charge in [-0.05, 0) is 38.8 Å². The number of hydrogen-bond donors (Lipinski definition) is 2. The Morgan fingerprint density at radius 3 is 2.93 bits per heavy atom. The van der Waals surface area contributed by atoms with E-state index in [2.05, 4.69) is 10.3 Å². The van der Waals surface area contributed by atoms with Crippen LogP contribution in [0.2, 0.25) is 0 Å². The second kappa shape index (κ2) is 5.60. The van der Waals surface area contributed by atoms with Gasteiger partial charge in [0.15, 0.2) is 0 Å². The van der Waals surface area contributed by atoms with Gasteiger partial charge in [-0.3, -0.25) is 0 Å². The molecule has 0 amide bonds. The van der Waals surface area contributed by atoms with E-state index in [0.717, 1.165) is 30.9 Å². The van der Waals surface area contributed by atoms with Gasteiger partial charge < -0.3 is 11.1 Å². The van der Waals surface area contributed by atoms with Gasteiger partial charge in [0.1, 0.15) is 5.82 Å². The molecule has 1 unspecified atom stereocenters. The minimum absolute atomic E-state index is 0.294. The molecule has 14 heavy (non-hydrogen) atoms. The number of aromatic nitrogens is 1. The van der Waals surface area contributed by atoms with Gasteiger partial charge in [-0.15, -0.1) is 0 Å². The maximum atomic E-state index is 5.65. The fourth-order valence-corrected chi connectivity index (χ4v) is 1.28. The number of hydrogen-bond acceptors (Lipinski definition) is 3. The molecule has 0 bridgehead atoms. The molecular weight excluding hydrogens is 174 g/mol. The summed E-state index contributed by atoms with van der Waals surface area (Å²) in [4.78, 5) is 4.35. The molecule has 1 aromatic rings. The smallest absolute Gasteiger partial charge is 0.126 e. The van der Waals surface area contributed by atoms with Crippen molar-refractivity contribution >= 4 is 5.82 Å². The van der Waals surface area contributed by atoms with Crippen LogP contribution in [0.25, 0.3) is 0 Å². The van der Waals surface area contributed by atoms with Gasteiger partial charge in [0.25, 0.3) is 0 Å². The van der Waals surface area contributed by atoms with E-state index in [4.69, 9.17) is 5.73 Å². The van der Waals surface area contributed by atoms with E-state index in [1.807, 2.05) is 32.0 Å². The molecule has 0 saturated carbocycles. The molecule has 0 aliphatic carbocycles. The SMILES string of the molecule is Cc1cccc(NCCCC(C)N)n1. The number of rotatable bonds is 5. The summed E-state index contributed by atoms with van der Waals surface area (Å²) in [6.45, 7) is 4.97. The van der Waals surface area contributed by atoms with Crippen LogP contribution in [0.3, 0.4) is 0 Å². The average Bonchev–Trinajstić information content (AvgIpc) is 2.12. The largest absolute Gasteiger partial charge is 0.370 e. The minimum Gasteiger partial charge on any atom is -0.370 e. The van der Waals surface area contributed by atoms with Gasteiger partial charge >= 0.3 is 0 Å². The van der Waals surface area contributed by atoms with E-state index in [1.165, 1.54) is 0 Å². The maximum absolute atomic E-state index is 5.65. The first-order valence-corrected chi connectivity index (χ1v) is 5.11. The van der Waals surface area contributed by atoms with Crippen LogP contribution >= 0.6 is 0 Å². The predicted molar refractivity (Wildman–Crippen MR) is 60.3 cm³/mol. The standard InChI is InChI=1S/C11H19N3/c1-9(12)5-4-8-13-11-7-3-6-10(2)14-11/h3,6-7,9H,4-5,8,12H2,1-2H3,(H,13,14). The quantitative estimate of drug-likeness (QED) is 0.702. The van der Waals surface area contributed by atoms with Crippen LogP contribution < -0.4 is 11.1 Å². The highest BCUT2D eigenvalue weighted by Crippen LogP contribution is 2.04. The predicted octanol–water partition coefficient (Wildman–Crippen LogP) is 1.93. The van der Waals surface area contributed by atoms with Gasteiger partial charge in [-0.25, -0.2) is 4.98 Å². The van der Waals surface area contributed by atoms with Crippen LogP contribution in [-0.2, 0) is 0 Å². The fraction of sp³-hybridized carbons (Fsp3) is 0.545. The summed E-state index contributed by atoms with van der Waals surface area (Å²) >= 11 is 0. The third kappa shape index (κ3) is 4.23. The Labute approximate surface area is 85.7 Å². The first-order valence-electron chi connectivity index (χ1n) is 5.11. The van der Waals surface area contributed by atoms with Crippen molar-refractivity contribution in [1.29, 1.82) is 0 Å². The van der Waals surface area contributed by atoms with Crippen LogP contribution in [0.5, 0.6) is 0 Å². The van der Waals surface area contributed by atoms with Crippen molar-refractivity contribution in [3.63, 3.8) is 0 Å². The first-order chi connectivity index (χ1) is 6.68. The third-order valence-electron chi connectivity index (χ3n) is 2.03. The second-order valence-electron chi connectivity index (χ2n) is 3.71. The van der Waals surface area contributed by atoms with Gasteiger partial charge in [0.05, 0.1) is 0 Å². The van der Waals surface area contributed by atoms with E-state index in [1.54, 1.807) is 0 Å². The normalized spacial score (nSPS) is 12.5. The zero-order valence-corrected chi connectivity index (χ0v) is 8.96. The summed E-state index contributed by atoms with van der Waals surface area (Å²) in [6, 6.07) is 6.28. The van der Waals surface area contributed by atoms with E-state index in [9.17, 15) is 0 Å². The van der Waals surface area contributed by atoms with Crippen molar-refractivity contribution in [2.24, 2.45) is 5.73 Å². The lowest BCUT2D eigenvalue weighted by Gasteiger charge is -2.07. The van der Waals surface area contributed by atoms with Gasteiger partial charge in [-0.2, -0.15) is 0 Å². The Bertz CT molecular complexity index is 271. The number of anilines is 1.